The molecule has 418 valence electrons. The van der Waals surface area contributed by atoms with Crippen LogP contribution in [0, 0.1) is 27.7 Å². The number of halogens is 26. The Morgan fingerprint density at radius 3 is 0.838 bits per heavy atom. The average Bonchev–Trinajstić information content (AvgIpc) is 3.25. The van der Waals surface area contributed by atoms with Crippen LogP contribution in [-0.2, 0) is 11.5 Å². The van der Waals surface area contributed by atoms with Crippen LogP contribution >= 0.6 is 23.5 Å². The van der Waals surface area contributed by atoms with Gasteiger partial charge in [-0.15, -0.1) is 0 Å². The summed E-state index contributed by atoms with van der Waals surface area (Å²) in [5.74, 6) is -80.5. The predicted molar refractivity (Wildman–Crippen MR) is 211 cm³/mol. The summed E-state index contributed by atoms with van der Waals surface area (Å²) in [7, 11) is 0. The van der Waals surface area contributed by atoms with E-state index in [1.165, 1.54) is 52.0 Å². The highest BCUT2D eigenvalue weighted by Crippen LogP contribution is 2.62. The third-order valence-corrected chi connectivity index (χ3v) is 12.5. The van der Waals surface area contributed by atoms with Crippen molar-refractivity contribution in [3.8, 4) is 11.5 Å². The molecule has 32 heteroatoms. The fourth-order valence-electron chi connectivity index (χ4n) is 6.31. The van der Waals surface area contributed by atoms with Crippen LogP contribution in [0.3, 0.4) is 0 Å². The van der Waals surface area contributed by atoms with Gasteiger partial charge in [-0.05, 0) is 96.8 Å². The molecular weight excluding hydrogens is 1130 g/mol. The fraction of sp³-hybridized carbons (Fsp3) is 0.524. The van der Waals surface area contributed by atoms with Crippen molar-refractivity contribution in [3.05, 3.63) is 93.0 Å². The van der Waals surface area contributed by atoms with Crippen molar-refractivity contribution in [2.24, 2.45) is 0 Å². The number of hydrogen-bond acceptors (Lipinski definition) is 6. The number of benzene rings is 3. The van der Waals surface area contributed by atoms with Gasteiger partial charge in [0.15, 0.2) is 0 Å². The molecule has 3 aromatic rings. The Bertz CT molecular complexity index is 2290. The van der Waals surface area contributed by atoms with E-state index in [0.29, 0.717) is 23.5 Å². The number of hydrogen-bond donors (Lipinski definition) is 0. The number of carbonyl (C=O) groups excluding carboxylic acids is 2. The first-order chi connectivity index (χ1) is 33.0. The Kier molecular flexibility index (Phi) is 18.2. The van der Waals surface area contributed by atoms with Crippen molar-refractivity contribution < 1.29 is 133 Å². The zero-order valence-corrected chi connectivity index (χ0v) is 38.8. The molecule has 3 aromatic carbocycles. The van der Waals surface area contributed by atoms with Gasteiger partial charge in [-0.1, -0.05) is 24.3 Å². The highest BCUT2D eigenvalue weighted by atomic mass is 32.2. The first-order valence-electron chi connectivity index (χ1n) is 19.8. The summed E-state index contributed by atoms with van der Waals surface area (Å²) in [6.07, 6.45) is -19.9. The number of carbonyl (C=O) groups is 2. The van der Waals surface area contributed by atoms with Crippen LogP contribution in [0.5, 0.6) is 11.5 Å². The summed E-state index contributed by atoms with van der Waals surface area (Å²) in [4.78, 5) is 26.0. The molecule has 0 bridgehead atoms. The molecule has 0 amide bonds. The van der Waals surface area contributed by atoms with Crippen molar-refractivity contribution in [3.63, 3.8) is 0 Å². The van der Waals surface area contributed by atoms with Gasteiger partial charge in [-0.25, -0.2) is 9.59 Å². The van der Waals surface area contributed by atoms with Crippen LogP contribution in [0.1, 0.15) is 66.9 Å². The lowest BCUT2D eigenvalue weighted by Crippen LogP contribution is -2.70. The van der Waals surface area contributed by atoms with Gasteiger partial charge in [0.05, 0.1) is 11.1 Å². The molecule has 0 N–H and O–H groups in total. The summed E-state index contributed by atoms with van der Waals surface area (Å²) in [5.41, 5.74) is 0.623. The predicted octanol–water partition coefficient (Wildman–Crippen LogP) is 16.1. The molecule has 0 saturated carbocycles. The largest absolute Gasteiger partial charge is 0.460 e. The third kappa shape index (κ3) is 11.7. The van der Waals surface area contributed by atoms with E-state index < -0.39 is 119 Å². The minimum absolute atomic E-state index is 0.102. The van der Waals surface area contributed by atoms with E-state index in [0.717, 1.165) is 24.3 Å². The molecule has 0 radical (unpaired) electrons. The van der Waals surface area contributed by atoms with E-state index in [2.05, 4.69) is 0 Å². The Balaban J connectivity index is 1.61. The summed E-state index contributed by atoms with van der Waals surface area (Å²) in [6.45, 7) is 5.40. The van der Waals surface area contributed by atoms with E-state index in [4.69, 9.17) is 9.47 Å². The minimum atomic E-state index is -8.02. The molecule has 0 heterocycles. The van der Waals surface area contributed by atoms with Crippen LogP contribution in [0.2, 0.25) is 0 Å². The molecule has 0 atom stereocenters. The topological polar surface area (TPSA) is 52.6 Å². The third-order valence-electron chi connectivity index (χ3n) is 10.4. The lowest BCUT2D eigenvalue weighted by atomic mass is 9.93. The SMILES string of the molecule is Cc1cc(CSCCC(F)(F)C(F)(F)C(F)(F)C(F)(F)C(F)(F)C(F)(F)F)cc(C)c1OC(=O)c1ccc(C(=O)Oc2c(C)cc(CSCCC(F)(F)C(F)(F)C(F)(F)C(F)(F)C(F)(F)C(F)(F)F)cc2C)cc1. The van der Waals surface area contributed by atoms with Crippen LogP contribution in [-0.4, -0.2) is 95.0 Å². The Morgan fingerprint density at radius 2 is 0.608 bits per heavy atom. The molecule has 0 aliphatic carbocycles. The molecular formula is C42H32F26O4S2. The van der Waals surface area contributed by atoms with Crippen molar-refractivity contribution in [1.82, 2.24) is 0 Å². The molecule has 0 spiro atoms. The minimum Gasteiger partial charge on any atom is -0.422 e. The first-order valence-corrected chi connectivity index (χ1v) is 22.1. The van der Waals surface area contributed by atoms with Crippen molar-refractivity contribution in [2.75, 3.05) is 11.5 Å². The maximum absolute atomic E-state index is 14.2. The smallest absolute Gasteiger partial charge is 0.422 e. The van der Waals surface area contributed by atoms with Gasteiger partial charge in [-0.2, -0.15) is 138 Å². The maximum Gasteiger partial charge on any atom is 0.460 e. The lowest BCUT2D eigenvalue weighted by molar-refractivity contribution is -0.439. The molecule has 0 saturated heterocycles. The first kappa shape index (κ1) is 63.8. The van der Waals surface area contributed by atoms with Gasteiger partial charge < -0.3 is 9.47 Å². The number of aryl methyl sites for hydroxylation is 4. The number of alkyl halides is 26. The number of rotatable bonds is 22. The second kappa shape index (κ2) is 21.1. The zero-order chi connectivity index (χ0) is 57.7. The second-order valence-corrected chi connectivity index (χ2v) is 18.3. The standard InChI is InChI=1S/C42H32F26O4S2/c1-19-13-23(17-73-11-9-31(43,44)33(47,48)35(51,52)37(55,56)39(59,60)41(63,64)65)14-20(2)27(19)71-29(69)25-5-7-26(8-6-25)30(70)72-28-21(3)15-24(16-22(28)4)18-74-12-10-32(45,46)34(49,50)36(53,54)38(57,58)40(61,62)42(66,67)68/h5-8,13-16H,9-12,17-18H2,1-4H3. The molecule has 0 fully saturated rings. The van der Waals surface area contributed by atoms with Crippen molar-refractivity contribution in [2.45, 2.75) is 124 Å². The monoisotopic (exact) mass is 1160 g/mol. The van der Waals surface area contributed by atoms with Crippen LogP contribution in [0.4, 0.5) is 114 Å². The molecule has 0 aliphatic heterocycles. The van der Waals surface area contributed by atoms with E-state index in [1.807, 2.05) is 0 Å². The van der Waals surface area contributed by atoms with E-state index >= 15 is 0 Å². The van der Waals surface area contributed by atoms with Crippen LogP contribution < -0.4 is 9.47 Å². The van der Waals surface area contributed by atoms with Gasteiger partial charge in [0.2, 0.25) is 0 Å². The quantitative estimate of drug-likeness (QED) is 0.0432. The molecule has 74 heavy (non-hydrogen) atoms. The average molecular weight is 1160 g/mol. The van der Waals surface area contributed by atoms with Crippen molar-refractivity contribution in [1.29, 1.82) is 0 Å². The molecule has 0 unspecified atom stereocenters. The van der Waals surface area contributed by atoms with Crippen molar-refractivity contribution >= 4 is 35.5 Å². The van der Waals surface area contributed by atoms with Gasteiger partial charge in [0, 0.05) is 24.3 Å². The van der Waals surface area contributed by atoms with E-state index in [9.17, 15) is 124 Å². The lowest BCUT2D eigenvalue weighted by Gasteiger charge is -2.39. The Hall–Kier alpha value is -4.52. The summed E-state index contributed by atoms with van der Waals surface area (Å²) in [6, 6.07) is 9.41. The number of thioether (sulfide) groups is 2. The molecule has 4 nitrogen and oxygen atoms in total. The summed E-state index contributed by atoms with van der Waals surface area (Å²) < 4.78 is 359. The highest BCUT2D eigenvalue weighted by molar-refractivity contribution is 7.98. The van der Waals surface area contributed by atoms with Gasteiger partial charge in [0.25, 0.3) is 0 Å². The summed E-state index contributed by atoms with van der Waals surface area (Å²) >= 11 is 0.584. The number of ether oxygens (including phenoxy) is 2. The fourth-order valence-corrected chi connectivity index (χ4v) is 8.21. The van der Waals surface area contributed by atoms with E-state index in [1.54, 1.807) is 0 Å². The maximum atomic E-state index is 14.2. The van der Waals surface area contributed by atoms with Crippen LogP contribution in [0.15, 0.2) is 48.5 Å². The van der Waals surface area contributed by atoms with Gasteiger partial charge in [0.1, 0.15) is 11.5 Å². The van der Waals surface area contributed by atoms with Crippen LogP contribution in [0.25, 0.3) is 0 Å². The number of esters is 2. The Morgan fingerprint density at radius 1 is 0.378 bits per heavy atom. The molecule has 0 aromatic heterocycles. The van der Waals surface area contributed by atoms with Gasteiger partial charge in [-0.3, -0.25) is 0 Å². The normalized spacial score (nSPS) is 14.4. The highest BCUT2D eigenvalue weighted by Gasteiger charge is 2.92. The Labute approximate surface area is 407 Å². The zero-order valence-electron chi connectivity index (χ0n) is 37.1. The summed E-state index contributed by atoms with van der Waals surface area (Å²) in [5, 5.41) is 0. The van der Waals surface area contributed by atoms with Gasteiger partial charge >= 0.3 is 83.5 Å². The second-order valence-electron chi connectivity index (χ2n) is 16.1. The molecule has 3 rings (SSSR count). The van der Waals surface area contributed by atoms with E-state index in [-0.39, 0.29) is 56.0 Å². The molecule has 0 aliphatic rings.